The van der Waals surface area contributed by atoms with Gasteiger partial charge in [-0.2, -0.15) is 5.10 Å². The van der Waals surface area contributed by atoms with Gasteiger partial charge >= 0.3 is 0 Å². The molecule has 0 saturated carbocycles. The number of nitrogens with zero attached hydrogens (tertiary/aromatic N) is 2. The van der Waals surface area contributed by atoms with Crippen LogP contribution >= 0.6 is 0 Å². The molecule has 1 rings (SSSR count). The molecule has 0 aliphatic rings. The van der Waals surface area contributed by atoms with Crippen molar-refractivity contribution in [2.75, 3.05) is 20.3 Å². The number of aryl methyl sites for hydroxylation is 1. The van der Waals surface area contributed by atoms with Gasteiger partial charge in [0.2, 0.25) is 0 Å². The van der Waals surface area contributed by atoms with Crippen LogP contribution in [0.5, 0.6) is 0 Å². The van der Waals surface area contributed by atoms with Gasteiger partial charge in [-0.1, -0.05) is 26.2 Å². The van der Waals surface area contributed by atoms with Crippen molar-refractivity contribution in [3.8, 4) is 0 Å². The van der Waals surface area contributed by atoms with Crippen LogP contribution in [0.25, 0.3) is 0 Å². The lowest BCUT2D eigenvalue weighted by atomic mass is 10.2. The van der Waals surface area contributed by atoms with E-state index < -0.39 is 0 Å². The quantitative estimate of drug-likeness (QED) is 0.636. The van der Waals surface area contributed by atoms with E-state index in [9.17, 15) is 0 Å². The number of nitrogens with one attached hydrogen (secondary N) is 1. The number of hydrogen-bond donors (Lipinski definition) is 1. The zero-order valence-electron chi connectivity index (χ0n) is 11.1. The first-order chi connectivity index (χ1) is 8.38. The maximum absolute atomic E-state index is 5.00. The highest BCUT2D eigenvalue weighted by molar-refractivity contribution is 4.99. The Hall–Kier alpha value is -0.870. The molecule has 98 valence electrons. The first-order valence-electron chi connectivity index (χ1n) is 6.58. The van der Waals surface area contributed by atoms with Gasteiger partial charge in [-0.25, -0.2) is 0 Å². The Bertz CT molecular complexity index is 259. The average Bonchev–Trinajstić information content (AvgIpc) is 2.78. The van der Waals surface area contributed by atoms with Crippen LogP contribution in [0.1, 0.15) is 38.3 Å². The molecule has 0 aliphatic carbocycles. The Balaban J connectivity index is 2.22. The number of ether oxygens (including phenoxy) is 1. The Morgan fingerprint density at radius 3 is 3.00 bits per heavy atom. The van der Waals surface area contributed by atoms with Gasteiger partial charge < -0.3 is 10.1 Å². The smallest absolute Gasteiger partial charge is 0.0587 e. The summed E-state index contributed by atoms with van der Waals surface area (Å²) in [6.07, 6.45) is 7.01. The lowest BCUT2D eigenvalue weighted by molar-refractivity contribution is 0.199. The fourth-order valence-electron chi connectivity index (χ4n) is 1.79. The largest absolute Gasteiger partial charge is 0.383 e. The van der Waals surface area contributed by atoms with Crippen molar-refractivity contribution in [2.45, 2.75) is 45.7 Å². The van der Waals surface area contributed by atoms with Crippen molar-refractivity contribution in [2.24, 2.45) is 0 Å². The first kappa shape index (κ1) is 14.2. The molecule has 4 heteroatoms. The van der Waals surface area contributed by atoms with Crippen LogP contribution in [0.4, 0.5) is 0 Å². The van der Waals surface area contributed by atoms with Gasteiger partial charge in [0.05, 0.1) is 12.3 Å². The molecule has 17 heavy (non-hydrogen) atoms. The SMILES string of the molecule is CCCCCCn1nccc1CNCCOC. The van der Waals surface area contributed by atoms with Gasteiger partial charge in [-0.15, -0.1) is 0 Å². The third-order valence-electron chi connectivity index (χ3n) is 2.82. The molecule has 1 aromatic heterocycles. The number of unbranched alkanes of at least 4 members (excludes halogenated alkanes) is 3. The van der Waals surface area contributed by atoms with Gasteiger partial charge in [0.15, 0.2) is 0 Å². The zero-order chi connectivity index (χ0) is 12.3. The molecule has 0 aromatic carbocycles. The maximum atomic E-state index is 5.00. The molecule has 0 fully saturated rings. The second-order valence-electron chi connectivity index (χ2n) is 4.28. The third-order valence-corrected chi connectivity index (χ3v) is 2.82. The van der Waals surface area contributed by atoms with Crippen molar-refractivity contribution in [3.05, 3.63) is 18.0 Å². The monoisotopic (exact) mass is 239 g/mol. The minimum atomic E-state index is 0.755. The summed E-state index contributed by atoms with van der Waals surface area (Å²) in [5.41, 5.74) is 1.26. The molecule has 0 radical (unpaired) electrons. The van der Waals surface area contributed by atoms with E-state index in [1.54, 1.807) is 7.11 Å². The van der Waals surface area contributed by atoms with Crippen molar-refractivity contribution in [1.82, 2.24) is 15.1 Å². The standard InChI is InChI=1S/C13H25N3O/c1-3-4-5-6-10-16-13(7-8-15-16)12-14-9-11-17-2/h7-8,14H,3-6,9-12H2,1-2H3. The van der Waals surface area contributed by atoms with Gasteiger partial charge in [0.25, 0.3) is 0 Å². The lowest BCUT2D eigenvalue weighted by Crippen LogP contribution is -2.20. The van der Waals surface area contributed by atoms with E-state index in [0.29, 0.717) is 0 Å². The second-order valence-corrected chi connectivity index (χ2v) is 4.28. The Labute approximate surface area is 104 Å². The van der Waals surface area contributed by atoms with Gasteiger partial charge in [-0.05, 0) is 12.5 Å². The van der Waals surface area contributed by atoms with Crippen LogP contribution in [-0.4, -0.2) is 30.0 Å². The van der Waals surface area contributed by atoms with Gasteiger partial charge in [0, 0.05) is 32.9 Å². The highest BCUT2D eigenvalue weighted by atomic mass is 16.5. The van der Waals surface area contributed by atoms with E-state index in [4.69, 9.17) is 4.74 Å². The minimum Gasteiger partial charge on any atom is -0.383 e. The normalized spacial score (nSPS) is 10.9. The molecule has 4 nitrogen and oxygen atoms in total. The molecule has 0 spiro atoms. The summed E-state index contributed by atoms with van der Waals surface area (Å²) in [5, 5.41) is 7.70. The van der Waals surface area contributed by atoms with Crippen molar-refractivity contribution >= 4 is 0 Å². The molecule has 0 amide bonds. The van der Waals surface area contributed by atoms with Crippen LogP contribution in [0.2, 0.25) is 0 Å². The first-order valence-corrected chi connectivity index (χ1v) is 6.58. The van der Waals surface area contributed by atoms with Crippen LogP contribution in [-0.2, 0) is 17.8 Å². The number of rotatable bonds is 10. The van der Waals surface area contributed by atoms with E-state index in [1.165, 1.54) is 31.4 Å². The fourth-order valence-corrected chi connectivity index (χ4v) is 1.79. The molecular formula is C13H25N3O. The highest BCUT2D eigenvalue weighted by Gasteiger charge is 2.01. The Morgan fingerprint density at radius 2 is 2.24 bits per heavy atom. The van der Waals surface area contributed by atoms with Crippen LogP contribution < -0.4 is 5.32 Å². The molecule has 1 aromatic rings. The second kappa shape index (κ2) is 9.19. The van der Waals surface area contributed by atoms with Crippen molar-refractivity contribution < 1.29 is 4.74 Å². The average molecular weight is 239 g/mol. The van der Waals surface area contributed by atoms with E-state index in [1.807, 2.05) is 6.20 Å². The fraction of sp³-hybridized carbons (Fsp3) is 0.769. The maximum Gasteiger partial charge on any atom is 0.0587 e. The number of methoxy groups -OCH3 is 1. The highest BCUT2D eigenvalue weighted by Crippen LogP contribution is 2.04. The van der Waals surface area contributed by atoms with Gasteiger partial charge in [-0.3, -0.25) is 4.68 Å². The van der Waals surface area contributed by atoms with Crippen molar-refractivity contribution in [3.63, 3.8) is 0 Å². The van der Waals surface area contributed by atoms with Crippen LogP contribution in [0.15, 0.2) is 12.3 Å². The Kier molecular flexibility index (Phi) is 7.67. The molecule has 0 atom stereocenters. The summed E-state index contributed by atoms with van der Waals surface area (Å²) < 4.78 is 7.10. The Morgan fingerprint density at radius 1 is 1.35 bits per heavy atom. The molecule has 0 aliphatic heterocycles. The summed E-state index contributed by atoms with van der Waals surface area (Å²) in [4.78, 5) is 0. The molecule has 0 unspecified atom stereocenters. The summed E-state index contributed by atoms with van der Waals surface area (Å²) >= 11 is 0. The van der Waals surface area contributed by atoms with Gasteiger partial charge in [0.1, 0.15) is 0 Å². The molecule has 1 heterocycles. The lowest BCUT2D eigenvalue weighted by Gasteiger charge is -2.08. The molecule has 0 bridgehead atoms. The van der Waals surface area contributed by atoms with E-state index in [2.05, 4.69) is 28.1 Å². The van der Waals surface area contributed by atoms with Crippen LogP contribution in [0, 0.1) is 0 Å². The summed E-state index contributed by atoms with van der Waals surface area (Å²) in [5.74, 6) is 0. The number of aromatic nitrogens is 2. The minimum absolute atomic E-state index is 0.755. The molecular weight excluding hydrogens is 214 g/mol. The predicted molar refractivity (Wildman–Crippen MR) is 70.0 cm³/mol. The van der Waals surface area contributed by atoms with E-state index in [-0.39, 0.29) is 0 Å². The summed E-state index contributed by atoms with van der Waals surface area (Å²) in [7, 11) is 1.72. The zero-order valence-corrected chi connectivity index (χ0v) is 11.1. The topological polar surface area (TPSA) is 39.1 Å². The molecule has 0 saturated heterocycles. The molecule has 1 N–H and O–H groups in total. The van der Waals surface area contributed by atoms with Crippen LogP contribution in [0.3, 0.4) is 0 Å². The van der Waals surface area contributed by atoms with Crippen molar-refractivity contribution in [1.29, 1.82) is 0 Å². The van der Waals surface area contributed by atoms with E-state index >= 15 is 0 Å². The third kappa shape index (κ3) is 5.84. The summed E-state index contributed by atoms with van der Waals surface area (Å²) in [6.45, 7) is 5.78. The van der Waals surface area contributed by atoms with E-state index in [0.717, 1.165) is 26.2 Å². The predicted octanol–water partition coefficient (Wildman–Crippen LogP) is 2.20. The summed E-state index contributed by atoms with van der Waals surface area (Å²) in [6, 6.07) is 2.08. The number of hydrogen-bond acceptors (Lipinski definition) is 3.